The zero-order valence-corrected chi connectivity index (χ0v) is 11.4. The summed E-state index contributed by atoms with van der Waals surface area (Å²) >= 11 is 1.10. The van der Waals surface area contributed by atoms with Gasteiger partial charge in [-0.15, -0.1) is 5.10 Å². The second-order valence-electron chi connectivity index (χ2n) is 4.18. The summed E-state index contributed by atoms with van der Waals surface area (Å²) in [5, 5.41) is 6.73. The molecule has 0 saturated carbocycles. The number of rotatable bonds is 3. The first-order valence-electron chi connectivity index (χ1n) is 5.67. The topological polar surface area (TPSA) is 37.8 Å². The van der Waals surface area contributed by atoms with E-state index in [1.807, 2.05) is 0 Å². The first-order valence-corrected chi connectivity index (χ1v) is 6.44. The minimum atomic E-state index is -4.72. The van der Waals surface area contributed by atoms with Gasteiger partial charge in [-0.3, -0.25) is 0 Å². The molecule has 3 nitrogen and oxygen atoms in total. The van der Waals surface area contributed by atoms with Crippen molar-refractivity contribution in [3.8, 4) is 0 Å². The number of aromatic nitrogens is 2. The van der Waals surface area contributed by atoms with E-state index in [0.717, 1.165) is 23.7 Å². The molecule has 1 atom stereocenters. The number of nitrogens with one attached hydrogen (secondary N) is 1. The number of hydrogen-bond acceptors (Lipinski definition) is 4. The van der Waals surface area contributed by atoms with Crippen molar-refractivity contribution in [2.45, 2.75) is 19.1 Å². The molecule has 0 fully saturated rings. The molecule has 1 heterocycles. The van der Waals surface area contributed by atoms with E-state index >= 15 is 0 Å². The fourth-order valence-corrected chi connectivity index (χ4v) is 2.67. The molecule has 2 aromatic rings. The Hall–Kier alpha value is -1.54. The Kier molecular flexibility index (Phi) is 4.05. The van der Waals surface area contributed by atoms with E-state index in [9.17, 15) is 17.6 Å². The van der Waals surface area contributed by atoms with E-state index in [-0.39, 0.29) is 0 Å². The maximum atomic E-state index is 13.3. The third kappa shape index (κ3) is 2.80. The van der Waals surface area contributed by atoms with Gasteiger partial charge in [-0.25, -0.2) is 4.39 Å². The minimum Gasteiger partial charge on any atom is -0.309 e. The molecule has 0 radical (unpaired) electrons. The van der Waals surface area contributed by atoms with Crippen LogP contribution < -0.4 is 5.32 Å². The lowest BCUT2D eigenvalue weighted by Gasteiger charge is -2.17. The lowest BCUT2D eigenvalue weighted by atomic mass is 10.0. The summed E-state index contributed by atoms with van der Waals surface area (Å²) < 4.78 is 55.3. The molecule has 0 aliphatic rings. The molecule has 0 aliphatic carbocycles. The highest BCUT2D eigenvalue weighted by atomic mass is 32.1. The van der Waals surface area contributed by atoms with Gasteiger partial charge in [0.25, 0.3) is 0 Å². The van der Waals surface area contributed by atoms with Crippen molar-refractivity contribution in [1.29, 1.82) is 0 Å². The molecule has 0 saturated heterocycles. The summed E-state index contributed by atoms with van der Waals surface area (Å²) in [5.74, 6) is -1.28. The maximum absolute atomic E-state index is 13.3. The van der Waals surface area contributed by atoms with Crippen LogP contribution in [0.4, 0.5) is 17.6 Å². The average molecular weight is 305 g/mol. The zero-order chi connectivity index (χ0) is 14.9. The Balaban J connectivity index is 2.49. The number of hydrogen-bond donors (Lipinski definition) is 1. The molecule has 1 N–H and O–H groups in total. The van der Waals surface area contributed by atoms with Gasteiger partial charge in [0.05, 0.1) is 22.2 Å². The van der Waals surface area contributed by atoms with E-state index in [2.05, 4.69) is 14.9 Å². The van der Waals surface area contributed by atoms with E-state index in [1.165, 1.54) is 6.07 Å². The Morgan fingerprint density at radius 1 is 1.30 bits per heavy atom. The lowest BCUT2D eigenvalue weighted by Crippen LogP contribution is -2.19. The van der Waals surface area contributed by atoms with E-state index in [1.54, 1.807) is 14.0 Å². The van der Waals surface area contributed by atoms with Gasteiger partial charge < -0.3 is 5.32 Å². The zero-order valence-electron chi connectivity index (χ0n) is 10.6. The normalized spacial score (nSPS) is 13.5. The predicted octanol–water partition coefficient (Wildman–Crippen LogP) is 3.31. The molecule has 1 aromatic carbocycles. The third-order valence-corrected chi connectivity index (χ3v) is 3.76. The smallest absolute Gasteiger partial charge is 0.309 e. The van der Waals surface area contributed by atoms with Gasteiger partial charge in [0.2, 0.25) is 0 Å². The number of nitrogens with zero attached hydrogens (tertiary/aromatic N) is 2. The van der Waals surface area contributed by atoms with Crippen molar-refractivity contribution in [2.75, 3.05) is 7.05 Å². The van der Waals surface area contributed by atoms with Crippen molar-refractivity contribution in [2.24, 2.45) is 0 Å². The molecule has 0 spiro atoms. The monoisotopic (exact) mass is 305 g/mol. The average Bonchev–Trinajstić information content (AvgIpc) is 2.77. The Labute approximate surface area is 116 Å². The first kappa shape index (κ1) is 14.9. The lowest BCUT2D eigenvalue weighted by molar-refractivity contribution is -0.140. The van der Waals surface area contributed by atoms with E-state index in [4.69, 9.17) is 0 Å². The van der Waals surface area contributed by atoms with Crippen molar-refractivity contribution in [3.63, 3.8) is 0 Å². The van der Waals surface area contributed by atoms with Crippen LogP contribution >= 0.6 is 11.5 Å². The number of benzene rings is 1. The van der Waals surface area contributed by atoms with Gasteiger partial charge in [0.15, 0.2) is 0 Å². The van der Waals surface area contributed by atoms with Crippen LogP contribution in [-0.2, 0) is 6.18 Å². The van der Waals surface area contributed by atoms with Gasteiger partial charge in [0.1, 0.15) is 5.82 Å². The molecule has 108 valence electrons. The predicted molar refractivity (Wildman–Crippen MR) is 67.0 cm³/mol. The molecular weight excluding hydrogens is 294 g/mol. The summed E-state index contributed by atoms with van der Waals surface area (Å²) in [5.41, 5.74) is -0.326. The molecular formula is C12H11F4N3S. The molecule has 2 rings (SSSR count). The summed E-state index contributed by atoms with van der Waals surface area (Å²) in [7, 11) is 1.61. The SMILES string of the molecule is CNC(c1ccc(F)c(C(F)(F)F)c1)c1snnc1C. The van der Waals surface area contributed by atoms with Crippen LogP contribution in [0, 0.1) is 12.7 Å². The van der Waals surface area contributed by atoms with Crippen molar-refractivity contribution < 1.29 is 17.6 Å². The van der Waals surface area contributed by atoms with Crippen molar-refractivity contribution >= 4 is 11.5 Å². The number of alkyl halides is 3. The van der Waals surface area contributed by atoms with Gasteiger partial charge >= 0.3 is 6.18 Å². The van der Waals surface area contributed by atoms with E-state index in [0.29, 0.717) is 16.1 Å². The minimum absolute atomic E-state index is 0.315. The van der Waals surface area contributed by atoms with Gasteiger partial charge in [0, 0.05) is 0 Å². The van der Waals surface area contributed by atoms with E-state index < -0.39 is 23.6 Å². The van der Waals surface area contributed by atoms with Crippen LogP contribution in [0.1, 0.15) is 27.7 Å². The van der Waals surface area contributed by atoms with Gasteiger partial charge in [-0.05, 0) is 43.2 Å². The standard InChI is InChI=1S/C12H11F4N3S/c1-6-11(20-19-18-6)10(17-2)7-3-4-9(13)8(5-7)12(14,15)16/h3-5,10,17H,1-2H3. The molecule has 20 heavy (non-hydrogen) atoms. The van der Waals surface area contributed by atoms with Crippen LogP contribution in [0.5, 0.6) is 0 Å². The fourth-order valence-electron chi connectivity index (χ4n) is 1.89. The highest BCUT2D eigenvalue weighted by Gasteiger charge is 2.35. The summed E-state index contributed by atoms with van der Waals surface area (Å²) in [4.78, 5) is 0.701. The van der Waals surface area contributed by atoms with Crippen LogP contribution in [0.3, 0.4) is 0 Å². The summed E-state index contributed by atoms with van der Waals surface area (Å²) in [6.45, 7) is 1.72. The molecule has 8 heteroatoms. The fraction of sp³-hybridized carbons (Fsp3) is 0.333. The first-order chi connectivity index (χ1) is 9.34. The Bertz CT molecular complexity index is 609. The highest BCUT2D eigenvalue weighted by Crippen LogP contribution is 2.34. The van der Waals surface area contributed by atoms with Crippen LogP contribution in [0.2, 0.25) is 0 Å². The molecule has 0 amide bonds. The number of halogens is 4. The molecule has 1 unspecified atom stereocenters. The molecule has 0 bridgehead atoms. The maximum Gasteiger partial charge on any atom is 0.419 e. The quantitative estimate of drug-likeness (QED) is 0.884. The third-order valence-electron chi connectivity index (χ3n) is 2.87. The largest absolute Gasteiger partial charge is 0.419 e. The summed E-state index contributed by atoms with van der Waals surface area (Å²) in [6, 6.07) is 2.46. The Morgan fingerprint density at radius 2 is 2.00 bits per heavy atom. The second kappa shape index (κ2) is 5.45. The second-order valence-corrected chi connectivity index (χ2v) is 4.97. The molecule has 1 aromatic heterocycles. The molecule has 0 aliphatic heterocycles. The van der Waals surface area contributed by atoms with Crippen LogP contribution in [-0.4, -0.2) is 16.6 Å². The van der Waals surface area contributed by atoms with Gasteiger partial charge in [-0.1, -0.05) is 10.6 Å². The van der Waals surface area contributed by atoms with Gasteiger partial charge in [-0.2, -0.15) is 13.2 Å². The van der Waals surface area contributed by atoms with Crippen molar-refractivity contribution in [1.82, 2.24) is 14.9 Å². The van der Waals surface area contributed by atoms with Crippen LogP contribution in [0.15, 0.2) is 18.2 Å². The van der Waals surface area contributed by atoms with Crippen LogP contribution in [0.25, 0.3) is 0 Å². The number of aryl methyl sites for hydroxylation is 1. The highest BCUT2D eigenvalue weighted by molar-refractivity contribution is 7.05. The Morgan fingerprint density at radius 3 is 2.50 bits per heavy atom. The summed E-state index contributed by atoms with van der Waals surface area (Å²) in [6.07, 6.45) is -4.72. The van der Waals surface area contributed by atoms with Crippen molar-refractivity contribution in [3.05, 3.63) is 45.7 Å².